The van der Waals surface area contributed by atoms with Crippen LogP contribution < -0.4 is 15.8 Å². The van der Waals surface area contributed by atoms with Gasteiger partial charge in [0.15, 0.2) is 0 Å². The number of carbonyl (C=O) groups is 2. The average molecular weight is 388 g/mol. The van der Waals surface area contributed by atoms with E-state index in [0.717, 1.165) is 61.9 Å². The van der Waals surface area contributed by atoms with Crippen LogP contribution in [-0.2, 0) is 15.0 Å². The minimum Gasteiger partial charge on any atom is -0.496 e. The maximum atomic E-state index is 13.7. The summed E-state index contributed by atoms with van der Waals surface area (Å²) in [6.07, 6.45) is 5.51. The third-order valence-corrected chi connectivity index (χ3v) is 6.35. The summed E-state index contributed by atoms with van der Waals surface area (Å²) in [4.78, 5) is 28.0. The predicted octanol–water partition coefficient (Wildman–Crippen LogP) is 2.13. The highest BCUT2D eigenvalue weighted by atomic mass is 16.5. The van der Waals surface area contributed by atoms with E-state index in [9.17, 15) is 9.59 Å². The molecule has 0 bridgehead atoms. The van der Waals surface area contributed by atoms with Gasteiger partial charge in [0, 0.05) is 26.2 Å². The van der Waals surface area contributed by atoms with Gasteiger partial charge in [-0.3, -0.25) is 9.59 Å². The molecule has 3 rings (SSSR count). The van der Waals surface area contributed by atoms with Crippen molar-refractivity contribution in [2.75, 3.05) is 33.3 Å². The molecule has 1 unspecified atom stereocenters. The number of nitrogens with two attached hydrogens (primary N) is 1. The van der Waals surface area contributed by atoms with Gasteiger partial charge in [-0.2, -0.15) is 0 Å². The Kier molecular flexibility index (Phi) is 6.60. The van der Waals surface area contributed by atoms with Crippen molar-refractivity contribution in [1.82, 2.24) is 10.2 Å². The Morgan fingerprint density at radius 1 is 1.29 bits per heavy atom. The minimum absolute atomic E-state index is 0.0143. The van der Waals surface area contributed by atoms with E-state index in [1.54, 1.807) is 7.11 Å². The molecule has 0 radical (unpaired) electrons. The normalized spacial score (nSPS) is 21.4. The zero-order valence-corrected chi connectivity index (χ0v) is 17.1. The molecule has 6 nitrogen and oxygen atoms in total. The van der Waals surface area contributed by atoms with Crippen LogP contribution in [0.4, 0.5) is 0 Å². The van der Waals surface area contributed by atoms with E-state index in [1.165, 1.54) is 0 Å². The molecule has 1 aliphatic heterocycles. The van der Waals surface area contributed by atoms with Gasteiger partial charge in [0.25, 0.3) is 0 Å². The number of rotatable bonds is 6. The second-order valence-corrected chi connectivity index (χ2v) is 8.14. The number of carbonyl (C=O) groups excluding carboxylic acids is 2. The molecule has 1 aromatic carbocycles. The van der Waals surface area contributed by atoms with Gasteiger partial charge in [0.1, 0.15) is 5.75 Å². The molecule has 1 heterocycles. The zero-order valence-electron chi connectivity index (χ0n) is 17.1. The Hall–Kier alpha value is -2.08. The molecule has 28 heavy (non-hydrogen) atoms. The van der Waals surface area contributed by atoms with E-state index in [1.807, 2.05) is 24.0 Å². The van der Waals surface area contributed by atoms with Crippen LogP contribution >= 0.6 is 0 Å². The van der Waals surface area contributed by atoms with E-state index in [0.29, 0.717) is 19.6 Å². The number of hydrogen-bond donors (Lipinski definition) is 2. The Bertz CT molecular complexity index is 713. The SMILES string of the molecule is COc1cc(C2(C(=O)N3CCCC(C(=O)NCCN)C3)CCCC2)ccc1C. The molecule has 2 amide bonds. The van der Waals surface area contributed by atoms with Crippen LogP contribution in [0, 0.1) is 12.8 Å². The predicted molar refractivity (Wildman–Crippen MR) is 109 cm³/mol. The number of benzene rings is 1. The summed E-state index contributed by atoms with van der Waals surface area (Å²) in [5, 5.41) is 2.88. The molecule has 3 N–H and O–H groups in total. The lowest BCUT2D eigenvalue weighted by Gasteiger charge is -2.39. The number of methoxy groups -OCH3 is 1. The van der Waals surface area contributed by atoms with Crippen LogP contribution in [0.3, 0.4) is 0 Å². The largest absolute Gasteiger partial charge is 0.496 e. The summed E-state index contributed by atoms with van der Waals surface area (Å²) in [5.74, 6) is 0.872. The maximum absolute atomic E-state index is 13.7. The summed E-state index contributed by atoms with van der Waals surface area (Å²) in [6, 6.07) is 6.16. The van der Waals surface area contributed by atoms with Crippen LogP contribution in [-0.4, -0.2) is 50.0 Å². The fraction of sp³-hybridized carbons (Fsp3) is 0.636. The van der Waals surface area contributed by atoms with Crippen LogP contribution in [0.15, 0.2) is 18.2 Å². The van der Waals surface area contributed by atoms with Crippen LogP contribution in [0.1, 0.15) is 49.7 Å². The zero-order chi connectivity index (χ0) is 20.1. The molecular weight excluding hydrogens is 354 g/mol. The first-order valence-electron chi connectivity index (χ1n) is 10.4. The lowest BCUT2D eigenvalue weighted by atomic mass is 9.76. The molecule has 1 aromatic rings. The highest BCUT2D eigenvalue weighted by Crippen LogP contribution is 2.44. The van der Waals surface area contributed by atoms with Crippen molar-refractivity contribution in [3.63, 3.8) is 0 Å². The molecule has 1 saturated heterocycles. The van der Waals surface area contributed by atoms with Gasteiger partial charge in [-0.1, -0.05) is 25.0 Å². The topological polar surface area (TPSA) is 84.7 Å². The van der Waals surface area contributed by atoms with Gasteiger partial charge in [-0.25, -0.2) is 0 Å². The Morgan fingerprint density at radius 3 is 2.71 bits per heavy atom. The second-order valence-electron chi connectivity index (χ2n) is 8.14. The summed E-state index contributed by atoms with van der Waals surface area (Å²) in [5.41, 5.74) is 7.12. The van der Waals surface area contributed by atoms with Crippen molar-refractivity contribution in [3.05, 3.63) is 29.3 Å². The monoisotopic (exact) mass is 387 g/mol. The fourth-order valence-electron chi connectivity index (χ4n) is 4.74. The number of amides is 2. The number of hydrogen-bond acceptors (Lipinski definition) is 4. The molecule has 2 fully saturated rings. The average Bonchev–Trinajstić information content (AvgIpc) is 3.23. The summed E-state index contributed by atoms with van der Waals surface area (Å²) >= 11 is 0. The fourth-order valence-corrected chi connectivity index (χ4v) is 4.74. The minimum atomic E-state index is -0.489. The van der Waals surface area contributed by atoms with Crippen LogP contribution in [0.2, 0.25) is 0 Å². The third-order valence-electron chi connectivity index (χ3n) is 6.35. The van der Waals surface area contributed by atoms with Crippen LogP contribution in [0.25, 0.3) is 0 Å². The van der Waals surface area contributed by atoms with E-state index in [-0.39, 0.29) is 17.7 Å². The van der Waals surface area contributed by atoms with Gasteiger partial charge >= 0.3 is 0 Å². The molecule has 6 heteroatoms. The molecule has 1 atom stereocenters. The lowest BCUT2D eigenvalue weighted by Crippen LogP contribution is -2.51. The molecule has 1 aliphatic carbocycles. The number of ether oxygens (including phenoxy) is 1. The molecule has 0 spiro atoms. The molecule has 1 saturated carbocycles. The van der Waals surface area contributed by atoms with Gasteiger partial charge in [0.2, 0.25) is 11.8 Å². The van der Waals surface area contributed by atoms with Crippen molar-refractivity contribution in [2.24, 2.45) is 11.7 Å². The number of aryl methyl sites for hydroxylation is 1. The number of nitrogens with zero attached hydrogens (tertiary/aromatic N) is 1. The standard InChI is InChI=1S/C22H33N3O3/c1-16-7-8-18(14-19(16)28-2)22(9-3-4-10-22)21(27)25-13-5-6-17(15-25)20(26)24-12-11-23/h7-8,14,17H,3-6,9-13,15,23H2,1-2H3,(H,24,26). The van der Waals surface area contributed by atoms with Gasteiger partial charge in [-0.15, -0.1) is 0 Å². The van der Waals surface area contributed by atoms with E-state index in [2.05, 4.69) is 11.4 Å². The summed E-state index contributed by atoms with van der Waals surface area (Å²) in [7, 11) is 1.67. The lowest BCUT2D eigenvalue weighted by molar-refractivity contribution is -0.141. The van der Waals surface area contributed by atoms with Crippen molar-refractivity contribution < 1.29 is 14.3 Å². The quantitative estimate of drug-likeness (QED) is 0.783. The first kappa shape index (κ1) is 20.6. The summed E-state index contributed by atoms with van der Waals surface area (Å²) < 4.78 is 5.51. The van der Waals surface area contributed by atoms with Crippen molar-refractivity contribution in [3.8, 4) is 5.75 Å². The number of nitrogens with one attached hydrogen (secondary N) is 1. The Balaban J connectivity index is 1.82. The first-order chi connectivity index (χ1) is 13.5. The van der Waals surface area contributed by atoms with E-state index >= 15 is 0 Å². The highest BCUT2D eigenvalue weighted by molar-refractivity contribution is 5.89. The Morgan fingerprint density at radius 2 is 2.04 bits per heavy atom. The molecule has 2 aliphatic rings. The first-order valence-corrected chi connectivity index (χ1v) is 10.4. The van der Waals surface area contributed by atoms with Crippen molar-refractivity contribution in [2.45, 2.75) is 50.9 Å². The molecule has 0 aromatic heterocycles. The molecule has 154 valence electrons. The highest BCUT2D eigenvalue weighted by Gasteiger charge is 2.46. The third kappa shape index (κ3) is 4.02. The van der Waals surface area contributed by atoms with Gasteiger partial charge < -0.3 is 20.7 Å². The van der Waals surface area contributed by atoms with E-state index in [4.69, 9.17) is 10.5 Å². The smallest absolute Gasteiger partial charge is 0.233 e. The number of likely N-dealkylation sites (tertiary alicyclic amines) is 1. The van der Waals surface area contributed by atoms with Gasteiger partial charge in [-0.05, 0) is 49.8 Å². The maximum Gasteiger partial charge on any atom is 0.233 e. The molecular formula is C22H33N3O3. The van der Waals surface area contributed by atoms with E-state index < -0.39 is 5.41 Å². The second kappa shape index (κ2) is 8.95. The van der Waals surface area contributed by atoms with Gasteiger partial charge in [0.05, 0.1) is 18.4 Å². The van der Waals surface area contributed by atoms with Crippen molar-refractivity contribution in [1.29, 1.82) is 0 Å². The summed E-state index contributed by atoms with van der Waals surface area (Å²) in [6.45, 7) is 4.15. The van der Waals surface area contributed by atoms with Crippen molar-refractivity contribution >= 4 is 11.8 Å². The Labute approximate surface area is 167 Å². The number of piperidine rings is 1. The van der Waals surface area contributed by atoms with Crippen LogP contribution in [0.5, 0.6) is 5.75 Å².